The minimum Gasteiger partial charge on any atom is -0.481 e. The van der Waals surface area contributed by atoms with Crippen LogP contribution in [0.4, 0.5) is 5.82 Å². The van der Waals surface area contributed by atoms with E-state index in [1.165, 1.54) is 5.56 Å². The molecule has 0 aliphatic carbocycles. The molecule has 0 bridgehead atoms. The van der Waals surface area contributed by atoms with Gasteiger partial charge in [-0.3, -0.25) is 4.79 Å². The molecule has 1 aliphatic heterocycles. The maximum atomic E-state index is 11.5. The molecule has 6 heteroatoms. The van der Waals surface area contributed by atoms with Gasteiger partial charge in [-0.05, 0) is 29.9 Å². The van der Waals surface area contributed by atoms with Crippen LogP contribution in [0.15, 0.2) is 36.0 Å². The number of anilines is 1. The monoisotopic (exact) mass is 381 g/mol. The number of carboxylic acids is 1. The van der Waals surface area contributed by atoms with Gasteiger partial charge in [0.25, 0.3) is 0 Å². The summed E-state index contributed by atoms with van der Waals surface area (Å²) in [5.74, 6) is 0.296. The summed E-state index contributed by atoms with van der Waals surface area (Å²) in [6.07, 6.45) is 3.18. The van der Waals surface area contributed by atoms with Crippen molar-refractivity contribution in [3.05, 3.63) is 41.5 Å². The maximum absolute atomic E-state index is 11.5. The predicted octanol–water partition coefficient (Wildman–Crippen LogP) is 4.78. The predicted molar refractivity (Wildman–Crippen MR) is 110 cm³/mol. The van der Waals surface area contributed by atoms with E-state index in [0.29, 0.717) is 12.5 Å². The number of hydrogen-bond donors (Lipinski definition) is 1. The molecule has 1 atom stereocenters. The van der Waals surface area contributed by atoms with E-state index in [1.807, 2.05) is 0 Å². The molecule has 0 amide bonds. The lowest BCUT2D eigenvalue weighted by Gasteiger charge is -2.32. The van der Waals surface area contributed by atoms with Gasteiger partial charge in [0.1, 0.15) is 17.0 Å². The van der Waals surface area contributed by atoms with Gasteiger partial charge in [-0.15, -0.1) is 11.3 Å². The van der Waals surface area contributed by atoms with Crippen LogP contribution in [0.25, 0.3) is 21.3 Å². The van der Waals surface area contributed by atoms with Crippen molar-refractivity contribution in [1.29, 1.82) is 0 Å². The molecule has 0 spiro atoms. The molecular weight excluding hydrogens is 358 g/mol. The quantitative estimate of drug-likeness (QED) is 0.704. The molecule has 1 fully saturated rings. The zero-order valence-corrected chi connectivity index (χ0v) is 16.4. The molecule has 1 N–H and O–H groups in total. The van der Waals surface area contributed by atoms with Crippen LogP contribution in [0.2, 0.25) is 0 Å². The Balaban J connectivity index is 1.76. The number of piperidine rings is 1. The van der Waals surface area contributed by atoms with E-state index in [2.05, 4.69) is 58.4 Å². The highest BCUT2D eigenvalue weighted by atomic mass is 32.1. The molecule has 1 aliphatic rings. The molecule has 0 radical (unpaired) electrons. The van der Waals surface area contributed by atoms with Crippen molar-refractivity contribution in [3.8, 4) is 11.1 Å². The molecule has 3 heterocycles. The van der Waals surface area contributed by atoms with E-state index in [4.69, 9.17) is 0 Å². The van der Waals surface area contributed by atoms with Gasteiger partial charge in [0.15, 0.2) is 0 Å². The third-order valence-electron chi connectivity index (χ3n) is 5.31. The van der Waals surface area contributed by atoms with Crippen LogP contribution >= 0.6 is 11.3 Å². The number of aromatic nitrogens is 2. The molecule has 2 aromatic heterocycles. The number of benzene rings is 1. The first-order chi connectivity index (χ1) is 13.0. The van der Waals surface area contributed by atoms with E-state index in [9.17, 15) is 9.90 Å². The van der Waals surface area contributed by atoms with E-state index in [0.717, 1.165) is 46.5 Å². The summed E-state index contributed by atoms with van der Waals surface area (Å²) in [5.41, 5.74) is 3.59. The van der Waals surface area contributed by atoms with Crippen molar-refractivity contribution in [2.75, 3.05) is 18.0 Å². The fourth-order valence-electron chi connectivity index (χ4n) is 3.73. The third-order valence-corrected chi connectivity index (χ3v) is 6.20. The summed E-state index contributed by atoms with van der Waals surface area (Å²) in [6.45, 7) is 5.72. The smallest absolute Gasteiger partial charge is 0.308 e. The zero-order chi connectivity index (χ0) is 19.0. The lowest BCUT2D eigenvalue weighted by Crippen LogP contribution is -2.39. The summed E-state index contributed by atoms with van der Waals surface area (Å²) in [7, 11) is 0. The second kappa shape index (κ2) is 7.27. The van der Waals surface area contributed by atoms with Crippen LogP contribution in [0.5, 0.6) is 0 Å². The topological polar surface area (TPSA) is 66.3 Å². The van der Waals surface area contributed by atoms with Crippen LogP contribution in [0.3, 0.4) is 0 Å². The van der Waals surface area contributed by atoms with Gasteiger partial charge >= 0.3 is 5.97 Å². The Hall–Kier alpha value is -2.47. The Morgan fingerprint density at radius 2 is 2.04 bits per heavy atom. The highest BCUT2D eigenvalue weighted by molar-refractivity contribution is 7.17. The normalized spacial score (nSPS) is 17.6. The van der Waals surface area contributed by atoms with Crippen LogP contribution in [-0.4, -0.2) is 34.1 Å². The SMILES string of the molecule is CC(C)c1ccc(-c2csc3ncnc(N4CCCC(C(=O)O)C4)c23)cc1. The largest absolute Gasteiger partial charge is 0.481 e. The first kappa shape index (κ1) is 17.9. The van der Waals surface area contributed by atoms with Crippen LogP contribution in [-0.2, 0) is 4.79 Å². The number of nitrogens with zero attached hydrogens (tertiary/aromatic N) is 3. The Labute approximate surface area is 162 Å². The number of hydrogen-bond acceptors (Lipinski definition) is 5. The Bertz CT molecular complexity index is 965. The fourth-order valence-corrected chi connectivity index (χ4v) is 4.64. The molecule has 3 aromatic rings. The molecule has 0 saturated carbocycles. The minimum atomic E-state index is -0.722. The average molecular weight is 382 g/mol. The van der Waals surface area contributed by atoms with Crippen molar-refractivity contribution in [2.45, 2.75) is 32.6 Å². The summed E-state index contributed by atoms with van der Waals surface area (Å²) in [5, 5.41) is 12.6. The van der Waals surface area contributed by atoms with Crippen LogP contribution in [0, 0.1) is 5.92 Å². The highest BCUT2D eigenvalue weighted by Gasteiger charge is 2.28. The molecule has 5 nitrogen and oxygen atoms in total. The number of rotatable bonds is 4. The average Bonchev–Trinajstić information content (AvgIpc) is 3.12. The molecule has 1 unspecified atom stereocenters. The van der Waals surface area contributed by atoms with Crippen molar-refractivity contribution in [2.24, 2.45) is 5.92 Å². The van der Waals surface area contributed by atoms with Crippen LogP contribution < -0.4 is 4.90 Å². The standard InChI is InChI=1S/C21H23N3O2S/c1-13(2)14-5-7-15(8-6-14)17-11-27-20-18(17)19(22-12-23-20)24-9-3-4-16(10-24)21(25)26/h5-8,11-13,16H,3-4,9-10H2,1-2H3,(H,25,26). The molecule has 140 valence electrons. The van der Waals surface area contributed by atoms with Gasteiger partial charge < -0.3 is 10.0 Å². The Morgan fingerprint density at radius 3 is 2.74 bits per heavy atom. The first-order valence-electron chi connectivity index (χ1n) is 9.35. The van der Waals surface area contributed by atoms with E-state index in [1.54, 1.807) is 17.7 Å². The number of carbonyl (C=O) groups is 1. The van der Waals surface area contributed by atoms with Crippen LogP contribution in [0.1, 0.15) is 38.2 Å². The summed E-state index contributed by atoms with van der Waals surface area (Å²) in [4.78, 5) is 23.5. The third kappa shape index (κ3) is 3.41. The van der Waals surface area contributed by atoms with Gasteiger partial charge in [-0.25, -0.2) is 9.97 Å². The van der Waals surface area contributed by atoms with Crippen molar-refractivity contribution < 1.29 is 9.90 Å². The number of fused-ring (bicyclic) bond motifs is 1. The van der Waals surface area contributed by atoms with Crippen molar-refractivity contribution in [1.82, 2.24) is 9.97 Å². The molecule has 1 saturated heterocycles. The molecule has 4 rings (SSSR count). The Morgan fingerprint density at radius 1 is 1.26 bits per heavy atom. The van der Waals surface area contributed by atoms with Gasteiger partial charge in [0.2, 0.25) is 0 Å². The van der Waals surface area contributed by atoms with Gasteiger partial charge in [0.05, 0.1) is 11.3 Å². The van der Waals surface area contributed by atoms with Gasteiger partial charge in [-0.2, -0.15) is 0 Å². The summed E-state index contributed by atoms with van der Waals surface area (Å²) >= 11 is 1.61. The minimum absolute atomic E-state index is 0.337. The molecular formula is C21H23N3O2S. The lowest BCUT2D eigenvalue weighted by molar-refractivity contribution is -0.141. The second-order valence-electron chi connectivity index (χ2n) is 7.43. The number of aliphatic carboxylic acids is 1. The van der Waals surface area contributed by atoms with Crippen molar-refractivity contribution >= 4 is 33.3 Å². The Kier molecular flexibility index (Phi) is 4.83. The fraction of sp³-hybridized carbons (Fsp3) is 0.381. The van der Waals surface area contributed by atoms with E-state index in [-0.39, 0.29) is 5.92 Å². The number of carboxylic acid groups (broad SMARTS) is 1. The zero-order valence-electron chi connectivity index (χ0n) is 15.6. The maximum Gasteiger partial charge on any atom is 0.308 e. The highest BCUT2D eigenvalue weighted by Crippen LogP contribution is 2.39. The summed E-state index contributed by atoms with van der Waals surface area (Å²) < 4.78 is 0. The number of thiophene rings is 1. The van der Waals surface area contributed by atoms with Gasteiger partial charge in [0, 0.05) is 24.0 Å². The molecule has 27 heavy (non-hydrogen) atoms. The van der Waals surface area contributed by atoms with E-state index >= 15 is 0 Å². The lowest BCUT2D eigenvalue weighted by atomic mass is 9.97. The second-order valence-corrected chi connectivity index (χ2v) is 8.29. The van der Waals surface area contributed by atoms with E-state index < -0.39 is 5.97 Å². The van der Waals surface area contributed by atoms with Gasteiger partial charge in [-0.1, -0.05) is 38.1 Å². The van der Waals surface area contributed by atoms with Crippen molar-refractivity contribution in [3.63, 3.8) is 0 Å². The summed E-state index contributed by atoms with van der Waals surface area (Å²) in [6, 6.07) is 8.66. The first-order valence-corrected chi connectivity index (χ1v) is 10.2. The molecule has 1 aromatic carbocycles.